The number of hydrogen-bond acceptors (Lipinski definition) is 8. The van der Waals surface area contributed by atoms with Crippen LogP contribution in [0.5, 0.6) is 0 Å². The highest BCUT2D eigenvalue weighted by atomic mass is 32.1. The largest absolute Gasteiger partial charge is 0.394 e. The van der Waals surface area contributed by atoms with Gasteiger partial charge in [0.15, 0.2) is 0 Å². The SMILES string of the molecule is N#Cc1cnc(Nc2ccc3ncsc3c2)cc1N[C@@H](c1ccccc1)[C@H](O)CO. The normalized spacial score (nSPS) is 12.8. The maximum absolute atomic E-state index is 10.3. The van der Waals surface area contributed by atoms with E-state index in [0.717, 1.165) is 21.5 Å². The number of benzene rings is 2. The molecule has 0 spiro atoms. The number of nitrogens with zero attached hydrogens (tertiary/aromatic N) is 3. The molecular weight excluding hydrogens is 398 g/mol. The van der Waals surface area contributed by atoms with Gasteiger partial charge < -0.3 is 20.8 Å². The third-order valence-electron chi connectivity index (χ3n) is 4.67. The predicted octanol–water partition coefficient (Wildman–Crippen LogP) is 3.81. The molecule has 0 saturated carbocycles. The zero-order valence-corrected chi connectivity index (χ0v) is 16.7. The molecule has 4 rings (SSSR count). The molecule has 0 saturated heterocycles. The van der Waals surface area contributed by atoms with Gasteiger partial charge >= 0.3 is 0 Å². The third-order valence-corrected chi connectivity index (χ3v) is 5.46. The van der Waals surface area contributed by atoms with Gasteiger partial charge in [0, 0.05) is 18.0 Å². The van der Waals surface area contributed by atoms with E-state index in [4.69, 9.17) is 0 Å². The van der Waals surface area contributed by atoms with Crippen molar-refractivity contribution >= 4 is 38.7 Å². The van der Waals surface area contributed by atoms with Crippen molar-refractivity contribution in [3.8, 4) is 6.07 Å². The number of aliphatic hydroxyl groups is 2. The standard InChI is InChI=1S/C22H19N5O2S/c23-10-15-11-24-21(26-16-6-7-17-20(8-16)30-13-25-17)9-18(15)27-22(19(29)12-28)14-4-2-1-3-5-14/h1-9,11,13,19,22,28-29H,12H2,(H2,24,26,27)/t19-,22+/m1/s1. The number of anilines is 3. The first-order chi connectivity index (χ1) is 14.7. The van der Waals surface area contributed by atoms with Crippen molar-refractivity contribution in [2.24, 2.45) is 0 Å². The summed E-state index contributed by atoms with van der Waals surface area (Å²) in [5.41, 5.74) is 5.23. The van der Waals surface area contributed by atoms with Crippen LogP contribution in [-0.2, 0) is 0 Å². The van der Waals surface area contributed by atoms with Crippen LogP contribution in [0.25, 0.3) is 10.2 Å². The Labute approximate surface area is 177 Å². The Bertz CT molecular complexity index is 1190. The van der Waals surface area contributed by atoms with Gasteiger partial charge in [-0.2, -0.15) is 5.26 Å². The lowest BCUT2D eigenvalue weighted by atomic mass is 10.0. The van der Waals surface area contributed by atoms with Crippen molar-refractivity contribution in [1.29, 1.82) is 5.26 Å². The molecule has 8 heteroatoms. The number of thiazole rings is 1. The van der Waals surface area contributed by atoms with E-state index in [2.05, 4.69) is 26.7 Å². The van der Waals surface area contributed by atoms with E-state index in [1.54, 1.807) is 22.9 Å². The van der Waals surface area contributed by atoms with Crippen LogP contribution in [0.1, 0.15) is 17.2 Å². The maximum Gasteiger partial charge on any atom is 0.132 e. The second kappa shape index (κ2) is 8.88. The molecule has 150 valence electrons. The van der Waals surface area contributed by atoms with Crippen molar-refractivity contribution < 1.29 is 10.2 Å². The average molecular weight is 417 g/mol. The fourth-order valence-corrected chi connectivity index (χ4v) is 3.86. The highest BCUT2D eigenvalue weighted by Crippen LogP contribution is 2.29. The smallest absolute Gasteiger partial charge is 0.132 e. The van der Waals surface area contributed by atoms with Crippen LogP contribution in [0.4, 0.5) is 17.2 Å². The molecule has 2 atom stereocenters. The minimum absolute atomic E-state index is 0.338. The van der Waals surface area contributed by atoms with Crippen LogP contribution in [0, 0.1) is 11.3 Å². The molecule has 0 radical (unpaired) electrons. The van der Waals surface area contributed by atoms with Gasteiger partial charge in [0.25, 0.3) is 0 Å². The van der Waals surface area contributed by atoms with E-state index < -0.39 is 18.8 Å². The number of pyridine rings is 1. The lowest BCUT2D eigenvalue weighted by molar-refractivity contribution is 0.0795. The molecule has 0 unspecified atom stereocenters. The molecule has 2 aromatic carbocycles. The number of fused-ring (bicyclic) bond motifs is 1. The molecule has 0 fully saturated rings. The van der Waals surface area contributed by atoms with Crippen molar-refractivity contribution in [2.75, 3.05) is 17.2 Å². The Morgan fingerprint density at radius 1 is 1.10 bits per heavy atom. The van der Waals surface area contributed by atoms with Crippen LogP contribution in [0.15, 0.2) is 66.3 Å². The Morgan fingerprint density at radius 2 is 1.93 bits per heavy atom. The van der Waals surface area contributed by atoms with Gasteiger partial charge in [0.05, 0.1) is 39.6 Å². The number of hydrogen-bond donors (Lipinski definition) is 4. The Morgan fingerprint density at radius 3 is 2.70 bits per heavy atom. The number of nitriles is 1. The summed E-state index contributed by atoms with van der Waals surface area (Å²) in [5.74, 6) is 0.547. The monoisotopic (exact) mass is 417 g/mol. The van der Waals surface area contributed by atoms with Crippen LogP contribution in [0.3, 0.4) is 0 Å². The molecule has 2 heterocycles. The summed E-state index contributed by atoms with van der Waals surface area (Å²) in [6.07, 6.45) is 0.431. The zero-order valence-electron chi connectivity index (χ0n) is 15.9. The second-order valence-corrected chi connectivity index (χ2v) is 7.56. The molecule has 0 amide bonds. The fourth-order valence-electron chi connectivity index (χ4n) is 3.15. The van der Waals surface area contributed by atoms with Crippen molar-refractivity contribution in [2.45, 2.75) is 12.1 Å². The van der Waals surface area contributed by atoms with E-state index in [1.807, 2.05) is 48.5 Å². The summed E-state index contributed by atoms with van der Waals surface area (Å²) >= 11 is 1.55. The lowest BCUT2D eigenvalue weighted by Gasteiger charge is -2.25. The molecule has 0 aliphatic heterocycles. The molecule has 7 nitrogen and oxygen atoms in total. The predicted molar refractivity (Wildman–Crippen MR) is 118 cm³/mol. The summed E-state index contributed by atoms with van der Waals surface area (Å²) in [4.78, 5) is 8.60. The van der Waals surface area contributed by atoms with Gasteiger partial charge in [-0.1, -0.05) is 30.3 Å². The Hall–Kier alpha value is -3.51. The molecular formula is C22H19N5O2S. The van der Waals surface area contributed by atoms with E-state index in [9.17, 15) is 15.5 Å². The van der Waals surface area contributed by atoms with Crippen molar-refractivity contribution in [1.82, 2.24) is 9.97 Å². The van der Waals surface area contributed by atoms with E-state index in [0.29, 0.717) is 17.1 Å². The topological polar surface area (TPSA) is 114 Å². The Balaban J connectivity index is 1.64. The molecule has 0 aliphatic rings. The summed E-state index contributed by atoms with van der Waals surface area (Å²) < 4.78 is 1.06. The van der Waals surface area contributed by atoms with Gasteiger partial charge in [0.1, 0.15) is 18.0 Å². The van der Waals surface area contributed by atoms with Crippen LogP contribution in [-0.4, -0.2) is 32.9 Å². The first-order valence-corrected chi connectivity index (χ1v) is 10.2. The second-order valence-electron chi connectivity index (χ2n) is 6.67. The molecule has 4 aromatic rings. The fraction of sp³-hybridized carbons (Fsp3) is 0.136. The highest BCUT2D eigenvalue weighted by Gasteiger charge is 2.22. The van der Waals surface area contributed by atoms with Gasteiger partial charge in [0.2, 0.25) is 0 Å². The maximum atomic E-state index is 10.3. The zero-order chi connectivity index (χ0) is 20.9. The first kappa shape index (κ1) is 19.8. The van der Waals surface area contributed by atoms with Gasteiger partial charge in [-0.25, -0.2) is 9.97 Å². The van der Waals surface area contributed by atoms with Crippen molar-refractivity contribution in [3.63, 3.8) is 0 Å². The number of nitrogens with one attached hydrogen (secondary N) is 2. The van der Waals surface area contributed by atoms with Crippen LogP contribution in [0.2, 0.25) is 0 Å². The summed E-state index contributed by atoms with van der Waals surface area (Å²) in [5, 5.41) is 35.8. The van der Waals surface area contributed by atoms with Crippen LogP contribution < -0.4 is 10.6 Å². The summed E-state index contributed by atoms with van der Waals surface area (Å²) in [6, 6.07) is 18.4. The lowest BCUT2D eigenvalue weighted by Crippen LogP contribution is -2.29. The van der Waals surface area contributed by atoms with Crippen molar-refractivity contribution in [3.05, 3.63) is 77.4 Å². The molecule has 4 N–H and O–H groups in total. The first-order valence-electron chi connectivity index (χ1n) is 9.29. The number of rotatable bonds is 7. The average Bonchev–Trinajstić information content (AvgIpc) is 3.25. The summed E-state index contributed by atoms with van der Waals surface area (Å²) in [7, 11) is 0. The van der Waals surface area contributed by atoms with E-state index in [1.165, 1.54) is 6.20 Å². The minimum Gasteiger partial charge on any atom is -0.394 e. The number of aromatic nitrogens is 2. The number of aliphatic hydroxyl groups excluding tert-OH is 2. The van der Waals surface area contributed by atoms with Gasteiger partial charge in [-0.15, -0.1) is 11.3 Å². The quantitative estimate of drug-likeness (QED) is 0.361. The van der Waals surface area contributed by atoms with E-state index >= 15 is 0 Å². The molecule has 0 aliphatic carbocycles. The molecule has 0 bridgehead atoms. The highest BCUT2D eigenvalue weighted by molar-refractivity contribution is 7.16. The van der Waals surface area contributed by atoms with Gasteiger partial charge in [-0.05, 0) is 23.8 Å². The molecule has 30 heavy (non-hydrogen) atoms. The van der Waals surface area contributed by atoms with Crippen LogP contribution >= 0.6 is 11.3 Å². The summed E-state index contributed by atoms with van der Waals surface area (Å²) in [6.45, 7) is -0.417. The minimum atomic E-state index is -1.04. The molecule has 2 aromatic heterocycles. The Kier molecular flexibility index (Phi) is 5.86. The van der Waals surface area contributed by atoms with E-state index in [-0.39, 0.29) is 0 Å². The third kappa shape index (κ3) is 4.23. The van der Waals surface area contributed by atoms with Gasteiger partial charge in [-0.3, -0.25) is 0 Å².